The minimum Gasteiger partial charge on any atom is -0.350 e. The summed E-state index contributed by atoms with van der Waals surface area (Å²) < 4.78 is 14.3. The number of rotatable bonds is 3. The maximum Gasteiger partial charge on any atom is 0.283 e. The van der Waals surface area contributed by atoms with Crippen LogP contribution < -0.4 is 10.2 Å². The van der Waals surface area contributed by atoms with Crippen LogP contribution in [0.1, 0.15) is 0 Å². The van der Waals surface area contributed by atoms with Crippen LogP contribution in [0.5, 0.6) is 0 Å². The highest BCUT2D eigenvalue weighted by molar-refractivity contribution is 14.1. The van der Waals surface area contributed by atoms with E-state index in [0.717, 1.165) is 14.5 Å². The second-order valence-electron chi connectivity index (χ2n) is 4.87. The van der Waals surface area contributed by atoms with Gasteiger partial charge in [-0.15, -0.1) is 0 Å². The SMILES string of the molecule is O=C1C(Cl)=C(Nc2ccc(I)cc2)C(=O)N1c1ccc(F)c(Cl)c1. The van der Waals surface area contributed by atoms with Crippen LogP contribution in [0.3, 0.4) is 0 Å². The first-order chi connectivity index (χ1) is 11.4. The Morgan fingerprint density at radius 1 is 1.00 bits per heavy atom. The highest BCUT2D eigenvalue weighted by atomic mass is 127. The summed E-state index contributed by atoms with van der Waals surface area (Å²) in [6, 6.07) is 10.8. The summed E-state index contributed by atoms with van der Waals surface area (Å²) in [5.41, 5.74) is 0.723. The van der Waals surface area contributed by atoms with Gasteiger partial charge in [0.25, 0.3) is 11.8 Å². The molecule has 1 N–H and O–H groups in total. The smallest absolute Gasteiger partial charge is 0.283 e. The molecule has 0 aliphatic carbocycles. The van der Waals surface area contributed by atoms with E-state index >= 15 is 0 Å². The number of hydrogen-bond acceptors (Lipinski definition) is 3. The fourth-order valence-corrected chi connectivity index (χ4v) is 2.89. The number of carbonyl (C=O) groups is 2. The second-order valence-corrected chi connectivity index (χ2v) is 6.90. The van der Waals surface area contributed by atoms with Crippen LogP contribution in [0.25, 0.3) is 0 Å². The minimum atomic E-state index is -0.697. The number of amides is 2. The van der Waals surface area contributed by atoms with Crippen LogP contribution in [0.4, 0.5) is 15.8 Å². The van der Waals surface area contributed by atoms with Gasteiger partial charge in [0, 0.05) is 9.26 Å². The molecule has 0 aromatic heterocycles. The first-order valence-corrected chi connectivity index (χ1v) is 8.48. The Hall–Kier alpha value is -1.64. The minimum absolute atomic E-state index is 0.0386. The van der Waals surface area contributed by atoms with Crippen molar-refractivity contribution in [2.45, 2.75) is 0 Å². The Kier molecular flexibility index (Phi) is 4.80. The molecule has 0 saturated carbocycles. The molecule has 1 heterocycles. The van der Waals surface area contributed by atoms with Gasteiger partial charge in [0.1, 0.15) is 16.5 Å². The zero-order chi connectivity index (χ0) is 17.4. The molecule has 122 valence electrons. The molecule has 2 aromatic rings. The molecule has 1 aliphatic rings. The predicted octanol–water partition coefficient (Wildman–Crippen LogP) is 4.52. The summed E-state index contributed by atoms with van der Waals surface area (Å²) in [4.78, 5) is 25.7. The van der Waals surface area contributed by atoms with E-state index in [1.807, 2.05) is 12.1 Å². The van der Waals surface area contributed by atoms with Gasteiger partial charge in [-0.3, -0.25) is 9.59 Å². The van der Waals surface area contributed by atoms with Crippen LogP contribution in [-0.2, 0) is 9.59 Å². The van der Waals surface area contributed by atoms with Crippen molar-refractivity contribution in [1.29, 1.82) is 0 Å². The number of nitrogens with one attached hydrogen (secondary N) is 1. The molecule has 0 spiro atoms. The van der Waals surface area contributed by atoms with Crippen LogP contribution in [0.15, 0.2) is 53.2 Å². The van der Waals surface area contributed by atoms with E-state index in [1.54, 1.807) is 12.1 Å². The van der Waals surface area contributed by atoms with Crippen LogP contribution in [0, 0.1) is 9.39 Å². The zero-order valence-corrected chi connectivity index (χ0v) is 15.5. The lowest BCUT2D eigenvalue weighted by atomic mass is 10.2. The van der Waals surface area contributed by atoms with Gasteiger partial charge in [0.15, 0.2) is 0 Å². The van der Waals surface area contributed by atoms with E-state index in [0.29, 0.717) is 5.69 Å². The van der Waals surface area contributed by atoms with E-state index in [-0.39, 0.29) is 21.4 Å². The lowest BCUT2D eigenvalue weighted by Gasteiger charge is -2.15. The molecule has 0 unspecified atom stereocenters. The van der Waals surface area contributed by atoms with Crippen molar-refractivity contribution in [2.75, 3.05) is 10.2 Å². The summed E-state index contributed by atoms with van der Waals surface area (Å²) in [6.45, 7) is 0. The van der Waals surface area contributed by atoms with E-state index in [4.69, 9.17) is 23.2 Å². The number of imide groups is 1. The average Bonchev–Trinajstić information content (AvgIpc) is 2.76. The van der Waals surface area contributed by atoms with E-state index in [9.17, 15) is 14.0 Å². The molecule has 1 aliphatic heterocycles. The molecule has 3 rings (SSSR count). The van der Waals surface area contributed by atoms with Crippen molar-refractivity contribution in [3.8, 4) is 0 Å². The first kappa shape index (κ1) is 17.2. The third-order valence-corrected chi connectivity index (χ3v) is 4.66. The molecule has 2 amide bonds. The molecule has 0 atom stereocenters. The molecular weight excluding hydrogens is 469 g/mol. The number of nitrogens with zero attached hydrogens (tertiary/aromatic N) is 1. The summed E-state index contributed by atoms with van der Waals surface area (Å²) in [7, 11) is 0. The molecule has 24 heavy (non-hydrogen) atoms. The molecule has 0 fully saturated rings. The molecule has 0 saturated heterocycles. The van der Waals surface area contributed by atoms with Crippen molar-refractivity contribution in [3.63, 3.8) is 0 Å². The molecule has 8 heteroatoms. The van der Waals surface area contributed by atoms with Gasteiger partial charge in [0.2, 0.25) is 0 Å². The van der Waals surface area contributed by atoms with E-state index in [2.05, 4.69) is 27.9 Å². The summed E-state index contributed by atoms with van der Waals surface area (Å²) in [5.74, 6) is -1.97. The second kappa shape index (κ2) is 6.70. The van der Waals surface area contributed by atoms with Gasteiger partial charge in [-0.05, 0) is 65.1 Å². The Labute approximate surface area is 160 Å². The molecular formula is C16H8Cl2FIN2O2. The Balaban J connectivity index is 1.92. The highest BCUT2D eigenvalue weighted by Gasteiger charge is 2.39. The zero-order valence-electron chi connectivity index (χ0n) is 11.8. The van der Waals surface area contributed by atoms with Gasteiger partial charge in [-0.25, -0.2) is 9.29 Å². The van der Waals surface area contributed by atoms with Crippen LogP contribution >= 0.6 is 45.8 Å². The largest absolute Gasteiger partial charge is 0.350 e. The Morgan fingerprint density at radius 2 is 1.67 bits per heavy atom. The average molecular weight is 477 g/mol. The summed E-state index contributed by atoms with van der Waals surface area (Å²) in [5, 5.41) is 2.42. The Bertz CT molecular complexity index is 884. The van der Waals surface area contributed by atoms with Crippen LogP contribution in [0.2, 0.25) is 5.02 Å². The van der Waals surface area contributed by atoms with Gasteiger partial charge in [-0.2, -0.15) is 0 Å². The van der Waals surface area contributed by atoms with Gasteiger partial charge in [-0.1, -0.05) is 23.2 Å². The van der Waals surface area contributed by atoms with E-state index in [1.165, 1.54) is 12.1 Å². The summed E-state index contributed by atoms with van der Waals surface area (Å²) in [6.07, 6.45) is 0. The standard InChI is InChI=1S/C16H8Cl2FIN2O2/c17-11-7-10(5-6-12(11)19)22-15(23)13(18)14(16(22)24)21-9-3-1-8(20)2-4-9/h1-7,21H. The van der Waals surface area contributed by atoms with Crippen molar-refractivity contribution < 1.29 is 14.0 Å². The monoisotopic (exact) mass is 476 g/mol. The van der Waals surface area contributed by atoms with Crippen molar-refractivity contribution >= 4 is 69.0 Å². The van der Waals surface area contributed by atoms with E-state index < -0.39 is 17.6 Å². The number of carbonyl (C=O) groups excluding carboxylic acids is 2. The van der Waals surface area contributed by atoms with Gasteiger partial charge in [0.05, 0.1) is 10.7 Å². The van der Waals surface area contributed by atoms with Crippen molar-refractivity contribution in [1.82, 2.24) is 0 Å². The number of halogens is 4. The summed E-state index contributed by atoms with van der Waals surface area (Å²) >= 11 is 13.9. The normalized spacial score (nSPS) is 14.6. The quantitative estimate of drug-likeness (QED) is 0.523. The number of hydrogen-bond donors (Lipinski definition) is 1. The fraction of sp³-hybridized carbons (Fsp3) is 0. The third-order valence-electron chi connectivity index (χ3n) is 3.30. The fourth-order valence-electron chi connectivity index (χ4n) is 2.15. The molecule has 0 radical (unpaired) electrons. The first-order valence-electron chi connectivity index (χ1n) is 6.64. The molecule has 2 aromatic carbocycles. The third kappa shape index (κ3) is 3.13. The van der Waals surface area contributed by atoms with Crippen molar-refractivity contribution in [2.24, 2.45) is 0 Å². The number of benzene rings is 2. The molecule has 0 bridgehead atoms. The maximum atomic E-state index is 13.3. The van der Waals surface area contributed by atoms with Crippen LogP contribution in [-0.4, -0.2) is 11.8 Å². The molecule has 4 nitrogen and oxygen atoms in total. The predicted molar refractivity (Wildman–Crippen MR) is 99.6 cm³/mol. The highest BCUT2D eigenvalue weighted by Crippen LogP contribution is 2.32. The lowest BCUT2D eigenvalue weighted by Crippen LogP contribution is -2.32. The van der Waals surface area contributed by atoms with Gasteiger partial charge >= 0.3 is 0 Å². The van der Waals surface area contributed by atoms with Crippen molar-refractivity contribution in [3.05, 3.63) is 67.6 Å². The maximum absolute atomic E-state index is 13.3. The van der Waals surface area contributed by atoms with Gasteiger partial charge < -0.3 is 5.32 Å². The topological polar surface area (TPSA) is 49.4 Å². The number of anilines is 2. The lowest BCUT2D eigenvalue weighted by molar-refractivity contribution is -0.120. The Morgan fingerprint density at radius 3 is 2.29 bits per heavy atom.